The lowest BCUT2D eigenvalue weighted by Gasteiger charge is -2.08. The zero-order valence-corrected chi connectivity index (χ0v) is 12.8. The molecule has 0 atom stereocenters. The van der Waals surface area contributed by atoms with Gasteiger partial charge >= 0.3 is 0 Å². The molecular formula is C19H18N2O. The molecule has 1 aliphatic heterocycles. The summed E-state index contributed by atoms with van der Waals surface area (Å²) in [7, 11) is 0. The summed E-state index contributed by atoms with van der Waals surface area (Å²) in [6, 6.07) is 18.7. The molecule has 0 aliphatic carbocycles. The SMILES string of the molecule is CC1(C)COC(c2ccccc2-c2cc3ccccc3[nH]2)=N1. The molecular weight excluding hydrogens is 272 g/mol. The second-order valence-corrected chi connectivity index (χ2v) is 6.33. The molecule has 1 aromatic heterocycles. The average Bonchev–Trinajstić information content (AvgIpc) is 3.10. The monoisotopic (exact) mass is 290 g/mol. The summed E-state index contributed by atoms with van der Waals surface area (Å²) in [5, 5.41) is 1.21. The Labute approximate surface area is 129 Å². The van der Waals surface area contributed by atoms with Crippen LogP contribution in [0.25, 0.3) is 22.2 Å². The van der Waals surface area contributed by atoms with E-state index in [4.69, 9.17) is 9.73 Å². The number of aliphatic imine (C=N–C) groups is 1. The summed E-state index contributed by atoms with van der Waals surface area (Å²) >= 11 is 0. The molecule has 0 bridgehead atoms. The maximum absolute atomic E-state index is 5.83. The molecule has 3 heteroatoms. The summed E-state index contributed by atoms with van der Waals surface area (Å²) in [5.74, 6) is 0.735. The van der Waals surface area contributed by atoms with E-state index in [2.05, 4.69) is 55.2 Å². The second-order valence-electron chi connectivity index (χ2n) is 6.33. The van der Waals surface area contributed by atoms with Gasteiger partial charge in [0.25, 0.3) is 0 Å². The van der Waals surface area contributed by atoms with Crippen molar-refractivity contribution in [1.29, 1.82) is 0 Å². The van der Waals surface area contributed by atoms with Crippen molar-refractivity contribution in [2.75, 3.05) is 6.61 Å². The van der Waals surface area contributed by atoms with Gasteiger partial charge in [0.15, 0.2) is 0 Å². The van der Waals surface area contributed by atoms with E-state index in [0.717, 1.165) is 28.2 Å². The van der Waals surface area contributed by atoms with Crippen molar-refractivity contribution in [2.24, 2.45) is 4.99 Å². The first-order valence-electron chi connectivity index (χ1n) is 7.53. The molecule has 22 heavy (non-hydrogen) atoms. The Morgan fingerprint density at radius 3 is 2.45 bits per heavy atom. The quantitative estimate of drug-likeness (QED) is 0.746. The highest BCUT2D eigenvalue weighted by Crippen LogP contribution is 2.30. The van der Waals surface area contributed by atoms with Gasteiger partial charge in [-0.25, -0.2) is 4.99 Å². The Kier molecular flexibility index (Phi) is 2.83. The van der Waals surface area contributed by atoms with E-state index in [1.807, 2.05) is 18.2 Å². The van der Waals surface area contributed by atoms with Gasteiger partial charge in [0, 0.05) is 27.7 Å². The average molecular weight is 290 g/mol. The number of rotatable bonds is 2. The molecule has 2 heterocycles. The highest BCUT2D eigenvalue weighted by molar-refractivity contribution is 6.02. The maximum Gasteiger partial charge on any atom is 0.217 e. The first kappa shape index (κ1) is 13.1. The zero-order chi connectivity index (χ0) is 15.2. The van der Waals surface area contributed by atoms with E-state index in [0.29, 0.717) is 6.61 Å². The molecule has 1 aliphatic rings. The predicted molar refractivity (Wildman–Crippen MR) is 90.3 cm³/mol. The van der Waals surface area contributed by atoms with Crippen molar-refractivity contribution in [1.82, 2.24) is 4.98 Å². The molecule has 4 rings (SSSR count). The van der Waals surface area contributed by atoms with Gasteiger partial charge in [-0.15, -0.1) is 0 Å². The van der Waals surface area contributed by atoms with Crippen molar-refractivity contribution in [3.63, 3.8) is 0 Å². The molecule has 0 amide bonds. The van der Waals surface area contributed by atoms with Crippen LogP contribution in [0.2, 0.25) is 0 Å². The van der Waals surface area contributed by atoms with Crippen molar-refractivity contribution in [3.8, 4) is 11.3 Å². The Morgan fingerprint density at radius 2 is 1.73 bits per heavy atom. The molecule has 110 valence electrons. The molecule has 0 unspecified atom stereocenters. The van der Waals surface area contributed by atoms with Gasteiger partial charge in [-0.2, -0.15) is 0 Å². The topological polar surface area (TPSA) is 37.4 Å². The number of H-pyrrole nitrogens is 1. The van der Waals surface area contributed by atoms with Gasteiger partial charge in [0.1, 0.15) is 6.61 Å². The number of aromatic nitrogens is 1. The molecule has 3 aromatic rings. The number of hydrogen-bond acceptors (Lipinski definition) is 2. The van der Waals surface area contributed by atoms with Crippen molar-refractivity contribution >= 4 is 16.8 Å². The number of fused-ring (bicyclic) bond motifs is 1. The van der Waals surface area contributed by atoms with E-state index >= 15 is 0 Å². The Balaban J connectivity index is 1.86. The van der Waals surface area contributed by atoms with E-state index in [1.165, 1.54) is 5.39 Å². The number of hydrogen-bond donors (Lipinski definition) is 1. The van der Waals surface area contributed by atoms with Crippen LogP contribution in [0.4, 0.5) is 0 Å². The molecule has 0 spiro atoms. The van der Waals surface area contributed by atoms with Crippen molar-refractivity contribution < 1.29 is 4.74 Å². The van der Waals surface area contributed by atoms with E-state index in [9.17, 15) is 0 Å². The van der Waals surface area contributed by atoms with Crippen LogP contribution in [0.3, 0.4) is 0 Å². The normalized spacial score (nSPS) is 16.5. The van der Waals surface area contributed by atoms with Crippen LogP contribution in [0, 0.1) is 0 Å². The number of nitrogens with zero attached hydrogens (tertiary/aromatic N) is 1. The summed E-state index contributed by atoms with van der Waals surface area (Å²) in [5.41, 5.74) is 4.24. The van der Waals surface area contributed by atoms with E-state index in [-0.39, 0.29) is 5.54 Å². The van der Waals surface area contributed by atoms with Gasteiger partial charge < -0.3 is 9.72 Å². The molecule has 1 N–H and O–H groups in total. The van der Waals surface area contributed by atoms with E-state index < -0.39 is 0 Å². The number of benzene rings is 2. The minimum atomic E-state index is -0.150. The van der Waals surface area contributed by atoms with Gasteiger partial charge in [-0.1, -0.05) is 36.4 Å². The van der Waals surface area contributed by atoms with Crippen molar-refractivity contribution in [2.45, 2.75) is 19.4 Å². The first-order valence-corrected chi connectivity index (χ1v) is 7.53. The largest absolute Gasteiger partial charge is 0.475 e. The summed E-state index contributed by atoms with van der Waals surface area (Å²) in [4.78, 5) is 8.20. The van der Waals surface area contributed by atoms with Crippen LogP contribution in [-0.4, -0.2) is 23.0 Å². The highest BCUT2D eigenvalue weighted by atomic mass is 16.5. The minimum Gasteiger partial charge on any atom is -0.475 e. The van der Waals surface area contributed by atoms with Gasteiger partial charge in [-0.3, -0.25) is 0 Å². The van der Waals surface area contributed by atoms with E-state index in [1.54, 1.807) is 0 Å². The fourth-order valence-electron chi connectivity index (χ4n) is 2.85. The Bertz CT molecular complexity index is 841. The van der Waals surface area contributed by atoms with Crippen LogP contribution in [0.5, 0.6) is 0 Å². The van der Waals surface area contributed by atoms with Crippen LogP contribution < -0.4 is 0 Å². The maximum atomic E-state index is 5.83. The number of ether oxygens (including phenoxy) is 1. The number of para-hydroxylation sites is 1. The van der Waals surface area contributed by atoms with Gasteiger partial charge in [0.05, 0.1) is 5.54 Å². The molecule has 0 saturated heterocycles. The fourth-order valence-corrected chi connectivity index (χ4v) is 2.85. The third-order valence-electron chi connectivity index (χ3n) is 3.94. The number of aromatic amines is 1. The molecule has 2 aromatic carbocycles. The standard InChI is InChI=1S/C19H18N2O/c1-19(2)12-22-18(21-19)15-9-5-4-8-14(15)17-11-13-7-3-6-10-16(13)20-17/h3-11,20H,12H2,1-2H3. The lowest BCUT2D eigenvalue weighted by Crippen LogP contribution is -2.17. The van der Waals surface area contributed by atoms with Gasteiger partial charge in [-0.05, 0) is 32.0 Å². The van der Waals surface area contributed by atoms with Crippen LogP contribution in [0.1, 0.15) is 19.4 Å². The first-order chi connectivity index (χ1) is 10.6. The summed E-state index contributed by atoms with van der Waals surface area (Å²) in [6.45, 7) is 4.81. The third-order valence-corrected chi connectivity index (χ3v) is 3.94. The molecule has 0 saturated carbocycles. The molecule has 0 fully saturated rings. The predicted octanol–water partition coefficient (Wildman–Crippen LogP) is 4.39. The van der Waals surface area contributed by atoms with Gasteiger partial charge in [0.2, 0.25) is 5.90 Å². The lowest BCUT2D eigenvalue weighted by atomic mass is 10.0. The van der Waals surface area contributed by atoms with Crippen LogP contribution in [-0.2, 0) is 4.74 Å². The smallest absolute Gasteiger partial charge is 0.217 e. The number of nitrogens with one attached hydrogen (secondary N) is 1. The molecule has 3 nitrogen and oxygen atoms in total. The van der Waals surface area contributed by atoms with Crippen molar-refractivity contribution in [3.05, 3.63) is 60.2 Å². The fraction of sp³-hybridized carbons (Fsp3) is 0.211. The minimum absolute atomic E-state index is 0.150. The van der Waals surface area contributed by atoms with Crippen LogP contribution >= 0.6 is 0 Å². The Hall–Kier alpha value is -2.55. The Morgan fingerprint density at radius 1 is 1.00 bits per heavy atom. The zero-order valence-electron chi connectivity index (χ0n) is 12.8. The van der Waals surface area contributed by atoms with Crippen LogP contribution in [0.15, 0.2) is 59.6 Å². The lowest BCUT2D eigenvalue weighted by molar-refractivity contribution is 0.279. The highest BCUT2D eigenvalue weighted by Gasteiger charge is 2.28. The second kappa shape index (κ2) is 4.73. The summed E-state index contributed by atoms with van der Waals surface area (Å²) < 4.78 is 5.83. The third kappa shape index (κ3) is 2.19. The molecule has 0 radical (unpaired) electrons. The summed E-state index contributed by atoms with van der Waals surface area (Å²) in [6.07, 6.45) is 0.